The van der Waals surface area contributed by atoms with Crippen LogP contribution < -0.4 is 16.2 Å². The molecule has 12 heteroatoms. The van der Waals surface area contributed by atoms with Crippen LogP contribution in [0.1, 0.15) is 25.6 Å². The molecule has 130 valence electrons. The summed E-state index contributed by atoms with van der Waals surface area (Å²) in [6.45, 7) is 2.72. The molecule has 0 radical (unpaired) electrons. The number of thioether (sulfide) groups is 1. The van der Waals surface area contributed by atoms with Crippen LogP contribution in [-0.2, 0) is 18.0 Å². The quantitative estimate of drug-likeness (QED) is 0.301. The molecule has 0 atom stereocenters. The SMILES string of the molecule is CCCCNC(=S)NNC(=O)CSc1nnc(C(F)(F)F)n1C. The first-order valence-corrected chi connectivity index (χ1v) is 8.07. The number of amides is 1. The van der Waals surface area contributed by atoms with Gasteiger partial charge in [0, 0.05) is 13.6 Å². The minimum absolute atomic E-state index is 0.00359. The van der Waals surface area contributed by atoms with Crippen LogP contribution in [0.3, 0.4) is 0 Å². The summed E-state index contributed by atoms with van der Waals surface area (Å²) >= 11 is 5.77. The molecule has 1 aromatic heterocycles. The van der Waals surface area contributed by atoms with E-state index in [9.17, 15) is 18.0 Å². The smallest absolute Gasteiger partial charge is 0.361 e. The Morgan fingerprint density at radius 1 is 1.35 bits per heavy atom. The third kappa shape index (κ3) is 6.60. The second-order valence-corrected chi connectivity index (χ2v) is 5.79. The number of nitrogens with one attached hydrogen (secondary N) is 3. The van der Waals surface area contributed by atoms with Crippen molar-refractivity contribution in [2.75, 3.05) is 12.3 Å². The molecule has 0 aromatic carbocycles. The summed E-state index contributed by atoms with van der Waals surface area (Å²) in [7, 11) is 1.19. The summed E-state index contributed by atoms with van der Waals surface area (Å²) < 4.78 is 38.5. The minimum atomic E-state index is -4.58. The normalized spacial score (nSPS) is 11.2. The van der Waals surface area contributed by atoms with E-state index >= 15 is 0 Å². The molecule has 1 aromatic rings. The fourth-order valence-electron chi connectivity index (χ4n) is 1.40. The number of nitrogens with zero attached hydrogens (tertiary/aromatic N) is 3. The van der Waals surface area contributed by atoms with E-state index in [1.54, 1.807) is 0 Å². The third-order valence-electron chi connectivity index (χ3n) is 2.55. The van der Waals surface area contributed by atoms with Gasteiger partial charge in [0.1, 0.15) is 0 Å². The topological polar surface area (TPSA) is 83.9 Å². The highest BCUT2D eigenvalue weighted by molar-refractivity contribution is 7.99. The fourth-order valence-corrected chi connectivity index (χ4v) is 2.27. The van der Waals surface area contributed by atoms with Gasteiger partial charge in [-0.1, -0.05) is 25.1 Å². The van der Waals surface area contributed by atoms with Crippen LogP contribution in [0, 0.1) is 0 Å². The number of halogens is 3. The molecule has 0 saturated heterocycles. The molecule has 7 nitrogen and oxygen atoms in total. The summed E-state index contributed by atoms with van der Waals surface area (Å²) in [6.07, 6.45) is -2.63. The number of hydrazine groups is 1. The lowest BCUT2D eigenvalue weighted by atomic mass is 10.3. The molecule has 0 aliphatic heterocycles. The van der Waals surface area contributed by atoms with Crippen molar-refractivity contribution in [1.29, 1.82) is 0 Å². The number of alkyl halides is 3. The molecule has 1 rings (SSSR count). The van der Waals surface area contributed by atoms with Crippen LogP contribution >= 0.6 is 24.0 Å². The van der Waals surface area contributed by atoms with Crippen molar-refractivity contribution in [3.05, 3.63) is 5.82 Å². The number of carbonyl (C=O) groups is 1. The number of hydrogen-bond donors (Lipinski definition) is 3. The first kappa shape index (κ1) is 19.5. The standard InChI is InChI=1S/C11H17F3N6OS2/c1-3-4-5-15-9(22)18-16-7(21)6-23-10-19-17-8(20(10)2)11(12,13)14/h3-6H2,1-2H3,(H,16,21)(H2,15,18,22). The van der Waals surface area contributed by atoms with Crippen LogP contribution in [0.4, 0.5) is 13.2 Å². The summed E-state index contributed by atoms with van der Waals surface area (Å²) in [5.74, 6) is -1.69. The molecule has 0 spiro atoms. The molecule has 0 unspecified atom stereocenters. The molecule has 0 fully saturated rings. The van der Waals surface area contributed by atoms with Crippen molar-refractivity contribution < 1.29 is 18.0 Å². The van der Waals surface area contributed by atoms with Gasteiger partial charge in [0.25, 0.3) is 0 Å². The van der Waals surface area contributed by atoms with Gasteiger partial charge in [-0.3, -0.25) is 15.6 Å². The Labute approximate surface area is 140 Å². The Morgan fingerprint density at radius 3 is 2.61 bits per heavy atom. The van der Waals surface area contributed by atoms with Crippen molar-refractivity contribution in [1.82, 2.24) is 30.9 Å². The van der Waals surface area contributed by atoms with E-state index in [4.69, 9.17) is 12.2 Å². The highest BCUT2D eigenvalue weighted by Gasteiger charge is 2.37. The van der Waals surface area contributed by atoms with Gasteiger partial charge in [-0.15, -0.1) is 10.2 Å². The third-order valence-corrected chi connectivity index (χ3v) is 3.82. The van der Waals surface area contributed by atoms with Gasteiger partial charge in [-0.25, -0.2) is 0 Å². The number of aromatic nitrogens is 3. The summed E-state index contributed by atoms with van der Waals surface area (Å²) in [5.41, 5.74) is 4.85. The van der Waals surface area contributed by atoms with Gasteiger partial charge in [0.15, 0.2) is 10.3 Å². The number of thiocarbonyl (C=S) groups is 1. The van der Waals surface area contributed by atoms with Crippen molar-refractivity contribution in [3.63, 3.8) is 0 Å². The molecule has 23 heavy (non-hydrogen) atoms. The molecule has 0 bridgehead atoms. The maximum Gasteiger partial charge on any atom is 0.451 e. The molecule has 3 N–H and O–H groups in total. The summed E-state index contributed by atoms with van der Waals surface area (Å²) in [6, 6.07) is 0. The molecule has 0 saturated carbocycles. The highest BCUT2D eigenvalue weighted by atomic mass is 32.2. The van der Waals surface area contributed by atoms with Crippen LogP contribution in [0.5, 0.6) is 0 Å². The van der Waals surface area contributed by atoms with Crippen molar-refractivity contribution in [2.24, 2.45) is 7.05 Å². The molecular formula is C11H17F3N6OS2. The van der Waals surface area contributed by atoms with Crippen molar-refractivity contribution in [2.45, 2.75) is 31.1 Å². The Hall–Kier alpha value is -1.56. The Balaban J connectivity index is 2.37. The van der Waals surface area contributed by atoms with Crippen LogP contribution in [0.2, 0.25) is 0 Å². The molecule has 1 amide bonds. The van der Waals surface area contributed by atoms with Crippen molar-refractivity contribution >= 4 is 35.0 Å². The maximum atomic E-state index is 12.6. The van der Waals surface area contributed by atoms with Gasteiger partial charge >= 0.3 is 6.18 Å². The van der Waals surface area contributed by atoms with Crippen LogP contribution in [-0.4, -0.2) is 38.1 Å². The van der Waals surface area contributed by atoms with Gasteiger partial charge in [0.05, 0.1) is 5.75 Å². The summed E-state index contributed by atoms with van der Waals surface area (Å²) in [5, 5.41) is 9.65. The Kier molecular flexibility index (Phi) is 7.55. The van der Waals surface area contributed by atoms with Crippen LogP contribution in [0.15, 0.2) is 5.16 Å². The number of carbonyl (C=O) groups excluding carboxylic acids is 1. The van der Waals surface area contributed by atoms with E-state index < -0.39 is 17.9 Å². The van der Waals surface area contributed by atoms with E-state index in [-0.39, 0.29) is 16.0 Å². The number of hydrogen-bond acceptors (Lipinski definition) is 5. The monoisotopic (exact) mass is 370 g/mol. The first-order chi connectivity index (χ1) is 10.8. The Bertz CT molecular complexity index is 548. The molecule has 0 aliphatic rings. The highest BCUT2D eigenvalue weighted by Crippen LogP contribution is 2.29. The lowest BCUT2D eigenvalue weighted by Gasteiger charge is -2.11. The van der Waals surface area contributed by atoms with Gasteiger partial charge in [-0.2, -0.15) is 13.2 Å². The van der Waals surface area contributed by atoms with Gasteiger partial charge in [-0.05, 0) is 18.6 Å². The Morgan fingerprint density at radius 2 is 2.04 bits per heavy atom. The van der Waals surface area contributed by atoms with E-state index in [0.717, 1.165) is 29.2 Å². The molecule has 1 heterocycles. The molecule has 0 aliphatic carbocycles. The molecular weight excluding hydrogens is 353 g/mol. The second kappa shape index (κ2) is 8.91. The summed E-state index contributed by atoms with van der Waals surface area (Å²) in [4.78, 5) is 11.6. The predicted octanol–water partition coefficient (Wildman–Crippen LogP) is 1.22. The zero-order chi connectivity index (χ0) is 17.5. The number of unbranched alkanes of at least 4 members (excludes halogenated alkanes) is 1. The predicted molar refractivity (Wildman–Crippen MR) is 83.5 cm³/mol. The zero-order valence-electron chi connectivity index (χ0n) is 12.5. The second-order valence-electron chi connectivity index (χ2n) is 4.43. The van der Waals surface area contributed by atoms with E-state index in [2.05, 4.69) is 26.4 Å². The maximum absolute atomic E-state index is 12.6. The lowest BCUT2D eigenvalue weighted by molar-refractivity contribution is -0.147. The van der Waals surface area contributed by atoms with Gasteiger partial charge < -0.3 is 9.88 Å². The largest absolute Gasteiger partial charge is 0.451 e. The minimum Gasteiger partial charge on any atom is -0.361 e. The van der Waals surface area contributed by atoms with E-state index in [1.807, 2.05) is 6.92 Å². The van der Waals surface area contributed by atoms with E-state index in [0.29, 0.717) is 6.54 Å². The fraction of sp³-hybridized carbons (Fsp3) is 0.636. The van der Waals surface area contributed by atoms with Crippen LogP contribution in [0.25, 0.3) is 0 Å². The number of rotatable bonds is 6. The first-order valence-electron chi connectivity index (χ1n) is 6.67. The average Bonchev–Trinajstić information content (AvgIpc) is 2.84. The van der Waals surface area contributed by atoms with Gasteiger partial charge in [0.2, 0.25) is 11.7 Å². The van der Waals surface area contributed by atoms with Crippen molar-refractivity contribution in [3.8, 4) is 0 Å². The van der Waals surface area contributed by atoms with E-state index in [1.165, 1.54) is 7.05 Å². The lowest BCUT2D eigenvalue weighted by Crippen LogP contribution is -2.47. The zero-order valence-corrected chi connectivity index (χ0v) is 14.2. The average molecular weight is 370 g/mol.